The Balaban J connectivity index is 2.58. The third-order valence-electron chi connectivity index (χ3n) is 3.41. The van der Waals surface area contributed by atoms with Crippen molar-refractivity contribution in [2.45, 2.75) is 19.4 Å². The summed E-state index contributed by atoms with van der Waals surface area (Å²) in [5.41, 5.74) is -1.17. The molecule has 0 radical (unpaired) electrons. The van der Waals surface area contributed by atoms with Crippen LogP contribution in [0, 0.1) is 10.1 Å². The number of carbonyl (C=O) groups excluding carboxylic acids is 3. The highest BCUT2D eigenvalue weighted by Gasteiger charge is 2.43. The van der Waals surface area contributed by atoms with E-state index in [1.807, 2.05) is 0 Å². The van der Waals surface area contributed by atoms with Gasteiger partial charge < -0.3 is 4.90 Å². The van der Waals surface area contributed by atoms with Gasteiger partial charge >= 0.3 is 0 Å². The van der Waals surface area contributed by atoms with E-state index < -0.39 is 22.3 Å². The summed E-state index contributed by atoms with van der Waals surface area (Å²) < 4.78 is 0. The standard InChI is InChI=1S/C13H13N3O5/c1-13(2)12(19)14-11(18)6-15(13)9-4-3-8(7-17)5-10(9)16(20)21/h3-5,7H,6H2,1-2H3,(H,14,18,19). The fourth-order valence-corrected chi connectivity index (χ4v) is 2.16. The molecule has 1 heterocycles. The largest absolute Gasteiger partial charge is 0.343 e. The summed E-state index contributed by atoms with van der Waals surface area (Å²) in [6.45, 7) is 2.94. The van der Waals surface area contributed by atoms with E-state index in [0.717, 1.165) is 6.07 Å². The van der Waals surface area contributed by atoms with Gasteiger partial charge in [-0.05, 0) is 26.0 Å². The lowest BCUT2D eigenvalue weighted by molar-refractivity contribution is -0.384. The van der Waals surface area contributed by atoms with Crippen molar-refractivity contribution in [1.29, 1.82) is 0 Å². The number of amides is 2. The second kappa shape index (κ2) is 4.97. The van der Waals surface area contributed by atoms with E-state index in [1.54, 1.807) is 13.8 Å². The fourth-order valence-electron chi connectivity index (χ4n) is 2.16. The van der Waals surface area contributed by atoms with Crippen LogP contribution in [0.1, 0.15) is 24.2 Å². The number of nitro groups is 1. The third-order valence-corrected chi connectivity index (χ3v) is 3.41. The van der Waals surface area contributed by atoms with Gasteiger partial charge in [0.1, 0.15) is 17.5 Å². The molecule has 2 rings (SSSR count). The number of imide groups is 1. The van der Waals surface area contributed by atoms with E-state index in [0.29, 0.717) is 6.29 Å². The molecular weight excluding hydrogens is 278 g/mol. The van der Waals surface area contributed by atoms with Crippen LogP contribution in [0.5, 0.6) is 0 Å². The maximum Gasteiger partial charge on any atom is 0.293 e. The van der Waals surface area contributed by atoms with Gasteiger partial charge in [-0.3, -0.25) is 29.8 Å². The number of nitro benzene ring substituents is 1. The Morgan fingerprint density at radius 2 is 2.05 bits per heavy atom. The molecule has 0 aliphatic carbocycles. The van der Waals surface area contributed by atoms with Crippen LogP contribution in [0.25, 0.3) is 0 Å². The maximum absolute atomic E-state index is 11.9. The number of carbonyl (C=O) groups is 3. The van der Waals surface area contributed by atoms with E-state index in [4.69, 9.17) is 0 Å². The summed E-state index contributed by atoms with van der Waals surface area (Å²) >= 11 is 0. The predicted octanol–water partition coefficient (Wildman–Crippen LogP) is 0.649. The molecule has 1 N–H and O–H groups in total. The number of piperazine rings is 1. The number of aldehydes is 1. The summed E-state index contributed by atoms with van der Waals surface area (Å²) in [4.78, 5) is 46.1. The van der Waals surface area contributed by atoms with E-state index in [1.165, 1.54) is 17.0 Å². The molecule has 0 unspecified atom stereocenters. The van der Waals surface area contributed by atoms with Gasteiger partial charge in [0.05, 0.1) is 11.5 Å². The van der Waals surface area contributed by atoms with Gasteiger partial charge in [0.15, 0.2) is 0 Å². The minimum atomic E-state index is -1.12. The van der Waals surface area contributed by atoms with Crippen LogP contribution in [0.2, 0.25) is 0 Å². The van der Waals surface area contributed by atoms with Crippen molar-refractivity contribution < 1.29 is 19.3 Å². The second-order valence-corrected chi connectivity index (χ2v) is 5.15. The van der Waals surface area contributed by atoms with Gasteiger partial charge in [-0.2, -0.15) is 0 Å². The molecule has 0 atom stereocenters. The number of nitrogens with zero attached hydrogens (tertiary/aromatic N) is 2. The average molecular weight is 291 g/mol. The van der Waals surface area contributed by atoms with Crippen molar-refractivity contribution in [3.63, 3.8) is 0 Å². The van der Waals surface area contributed by atoms with Crippen molar-refractivity contribution in [1.82, 2.24) is 5.32 Å². The van der Waals surface area contributed by atoms with E-state index in [-0.39, 0.29) is 23.5 Å². The summed E-state index contributed by atoms with van der Waals surface area (Å²) in [7, 11) is 0. The Morgan fingerprint density at radius 3 is 2.62 bits per heavy atom. The van der Waals surface area contributed by atoms with Crippen LogP contribution in [-0.2, 0) is 9.59 Å². The molecule has 1 aliphatic rings. The van der Waals surface area contributed by atoms with Crippen LogP contribution in [0.4, 0.5) is 11.4 Å². The summed E-state index contributed by atoms with van der Waals surface area (Å²) in [5.74, 6) is -1.07. The minimum absolute atomic E-state index is 0.124. The Kier molecular flexibility index (Phi) is 3.46. The lowest BCUT2D eigenvalue weighted by atomic mass is 9.97. The topological polar surface area (TPSA) is 110 Å². The Labute approximate surface area is 119 Å². The minimum Gasteiger partial charge on any atom is -0.343 e. The first-order valence-electron chi connectivity index (χ1n) is 6.13. The first-order valence-corrected chi connectivity index (χ1v) is 6.13. The molecule has 0 saturated carbocycles. The molecule has 0 bridgehead atoms. The molecule has 1 aromatic carbocycles. The summed E-state index contributed by atoms with van der Waals surface area (Å²) in [6.07, 6.45) is 0.496. The van der Waals surface area contributed by atoms with E-state index in [2.05, 4.69) is 5.32 Å². The van der Waals surface area contributed by atoms with Gasteiger partial charge in [-0.15, -0.1) is 0 Å². The van der Waals surface area contributed by atoms with Crippen LogP contribution in [0.3, 0.4) is 0 Å². The monoisotopic (exact) mass is 291 g/mol. The van der Waals surface area contributed by atoms with Crippen molar-refractivity contribution in [3.05, 3.63) is 33.9 Å². The van der Waals surface area contributed by atoms with E-state index in [9.17, 15) is 24.5 Å². The molecule has 1 aliphatic heterocycles. The second-order valence-electron chi connectivity index (χ2n) is 5.15. The smallest absolute Gasteiger partial charge is 0.293 e. The van der Waals surface area contributed by atoms with Crippen molar-refractivity contribution in [3.8, 4) is 0 Å². The van der Waals surface area contributed by atoms with Crippen LogP contribution < -0.4 is 10.2 Å². The lowest BCUT2D eigenvalue weighted by Gasteiger charge is -2.41. The van der Waals surface area contributed by atoms with Gasteiger partial charge in [0.2, 0.25) is 5.91 Å². The number of rotatable bonds is 3. The maximum atomic E-state index is 11.9. The molecule has 8 nitrogen and oxygen atoms in total. The zero-order chi connectivity index (χ0) is 15.8. The molecule has 8 heteroatoms. The highest BCUT2D eigenvalue weighted by Crippen LogP contribution is 2.34. The van der Waals surface area contributed by atoms with Crippen molar-refractivity contribution in [2.24, 2.45) is 0 Å². The number of nitrogens with one attached hydrogen (secondary N) is 1. The molecule has 1 aromatic rings. The molecule has 2 amide bonds. The Bertz CT molecular complexity index is 653. The van der Waals surface area contributed by atoms with Crippen LogP contribution in [0.15, 0.2) is 18.2 Å². The van der Waals surface area contributed by atoms with Gasteiger partial charge in [-0.1, -0.05) is 0 Å². The van der Waals surface area contributed by atoms with Crippen molar-refractivity contribution >= 4 is 29.5 Å². The van der Waals surface area contributed by atoms with Crippen molar-refractivity contribution in [2.75, 3.05) is 11.4 Å². The highest BCUT2D eigenvalue weighted by atomic mass is 16.6. The molecular formula is C13H13N3O5. The Hall–Kier alpha value is -2.77. The number of benzene rings is 1. The molecule has 0 spiro atoms. The first kappa shape index (κ1) is 14.6. The van der Waals surface area contributed by atoms with Crippen LogP contribution in [-0.4, -0.2) is 35.1 Å². The average Bonchev–Trinajstić information content (AvgIpc) is 2.42. The summed E-state index contributed by atoms with van der Waals surface area (Å²) in [6, 6.07) is 3.90. The van der Waals surface area contributed by atoms with E-state index >= 15 is 0 Å². The van der Waals surface area contributed by atoms with Gasteiger partial charge in [0, 0.05) is 11.6 Å². The Morgan fingerprint density at radius 1 is 1.38 bits per heavy atom. The van der Waals surface area contributed by atoms with Gasteiger partial charge in [0.25, 0.3) is 11.6 Å². The number of anilines is 1. The normalized spacial score (nSPS) is 17.3. The molecule has 0 aromatic heterocycles. The molecule has 21 heavy (non-hydrogen) atoms. The fraction of sp³-hybridized carbons (Fsp3) is 0.308. The zero-order valence-electron chi connectivity index (χ0n) is 11.5. The molecule has 1 saturated heterocycles. The van der Waals surface area contributed by atoms with Gasteiger partial charge in [-0.25, -0.2) is 0 Å². The SMILES string of the molecule is CC1(C)C(=O)NC(=O)CN1c1ccc(C=O)cc1[N+](=O)[O-]. The number of hydrogen-bond acceptors (Lipinski definition) is 6. The van der Waals surface area contributed by atoms with Crippen LogP contribution >= 0.6 is 0 Å². The predicted molar refractivity (Wildman–Crippen MR) is 73.1 cm³/mol. The number of hydrogen-bond donors (Lipinski definition) is 1. The zero-order valence-corrected chi connectivity index (χ0v) is 11.5. The first-order chi connectivity index (χ1) is 9.77. The molecule has 1 fully saturated rings. The summed E-state index contributed by atoms with van der Waals surface area (Å²) in [5, 5.41) is 13.4. The quantitative estimate of drug-likeness (QED) is 0.379. The lowest BCUT2D eigenvalue weighted by Crippen LogP contribution is -2.64. The molecule has 110 valence electrons. The third kappa shape index (κ3) is 2.47. The highest BCUT2D eigenvalue weighted by molar-refractivity contribution is 6.07.